The summed E-state index contributed by atoms with van der Waals surface area (Å²) in [7, 11) is 0. The Labute approximate surface area is 159 Å². The highest BCUT2D eigenvalue weighted by Crippen LogP contribution is 2.40. The fraction of sp³-hybridized carbons (Fsp3) is 0.476. The number of carbonyl (C=O) groups is 2. The van der Waals surface area contributed by atoms with E-state index in [1.165, 1.54) is 5.56 Å². The Kier molecular flexibility index (Phi) is 4.50. The molecule has 0 saturated carbocycles. The molecule has 1 atom stereocenters. The van der Waals surface area contributed by atoms with E-state index in [2.05, 4.69) is 5.10 Å². The van der Waals surface area contributed by atoms with Crippen molar-refractivity contribution in [3.8, 4) is 0 Å². The number of amides is 2. The molecule has 1 spiro atoms. The minimum absolute atomic E-state index is 0.0611. The van der Waals surface area contributed by atoms with Crippen molar-refractivity contribution in [3.63, 3.8) is 0 Å². The third kappa shape index (κ3) is 2.83. The van der Waals surface area contributed by atoms with E-state index in [-0.39, 0.29) is 11.8 Å². The smallest absolute Gasteiger partial charge is 0.273 e. The number of anilines is 1. The third-order valence-corrected chi connectivity index (χ3v) is 5.93. The highest BCUT2D eigenvalue weighted by Gasteiger charge is 2.53. The maximum Gasteiger partial charge on any atom is 0.273 e. The molecule has 2 saturated heterocycles. The van der Waals surface area contributed by atoms with E-state index in [4.69, 9.17) is 0 Å². The first-order valence-electron chi connectivity index (χ1n) is 9.79. The number of benzene rings is 1. The van der Waals surface area contributed by atoms with Crippen molar-refractivity contribution < 1.29 is 9.59 Å². The molecular formula is C21H26N4O2. The molecule has 0 aliphatic carbocycles. The second kappa shape index (κ2) is 6.83. The molecule has 1 aromatic heterocycles. The van der Waals surface area contributed by atoms with Crippen LogP contribution in [0, 0.1) is 6.92 Å². The van der Waals surface area contributed by atoms with Gasteiger partial charge in [-0.2, -0.15) is 5.10 Å². The molecule has 142 valence electrons. The van der Waals surface area contributed by atoms with Gasteiger partial charge in [-0.25, -0.2) is 0 Å². The second-order valence-corrected chi connectivity index (χ2v) is 7.52. The van der Waals surface area contributed by atoms with Crippen LogP contribution in [0.2, 0.25) is 0 Å². The lowest BCUT2D eigenvalue weighted by Gasteiger charge is -2.44. The van der Waals surface area contributed by atoms with Gasteiger partial charge in [0.1, 0.15) is 11.2 Å². The van der Waals surface area contributed by atoms with Crippen LogP contribution in [0.4, 0.5) is 5.69 Å². The van der Waals surface area contributed by atoms with E-state index in [0.717, 1.165) is 31.4 Å². The fourth-order valence-electron chi connectivity index (χ4n) is 4.52. The first-order valence-corrected chi connectivity index (χ1v) is 9.79. The van der Waals surface area contributed by atoms with Crippen molar-refractivity contribution >= 4 is 17.5 Å². The Balaban J connectivity index is 1.67. The molecular weight excluding hydrogens is 340 g/mol. The number of piperidine rings is 1. The van der Waals surface area contributed by atoms with Crippen LogP contribution >= 0.6 is 0 Å². The number of likely N-dealkylation sites (tertiary alicyclic amines) is 1. The molecule has 0 N–H and O–H groups in total. The van der Waals surface area contributed by atoms with Crippen LogP contribution in [0.1, 0.15) is 48.7 Å². The van der Waals surface area contributed by atoms with E-state index in [0.29, 0.717) is 25.3 Å². The highest BCUT2D eigenvalue weighted by atomic mass is 16.2. The van der Waals surface area contributed by atoms with E-state index in [1.54, 1.807) is 16.9 Å². The Morgan fingerprint density at radius 3 is 2.52 bits per heavy atom. The van der Waals surface area contributed by atoms with Crippen LogP contribution in [0.15, 0.2) is 36.5 Å². The van der Waals surface area contributed by atoms with Crippen molar-refractivity contribution in [3.05, 3.63) is 47.8 Å². The van der Waals surface area contributed by atoms with Gasteiger partial charge in [-0.15, -0.1) is 0 Å². The summed E-state index contributed by atoms with van der Waals surface area (Å²) in [5.41, 5.74) is 1.94. The third-order valence-electron chi connectivity index (χ3n) is 5.93. The van der Waals surface area contributed by atoms with Crippen LogP contribution in [-0.4, -0.2) is 45.1 Å². The van der Waals surface area contributed by atoms with Gasteiger partial charge in [-0.3, -0.25) is 14.3 Å². The summed E-state index contributed by atoms with van der Waals surface area (Å²) in [5, 5.41) is 4.22. The van der Waals surface area contributed by atoms with Gasteiger partial charge in [0.15, 0.2) is 0 Å². The summed E-state index contributed by atoms with van der Waals surface area (Å²) in [4.78, 5) is 30.6. The predicted molar refractivity (Wildman–Crippen MR) is 104 cm³/mol. The van der Waals surface area contributed by atoms with Crippen LogP contribution < -0.4 is 4.90 Å². The maximum absolute atomic E-state index is 13.6. The zero-order valence-corrected chi connectivity index (χ0v) is 16.0. The Morgan fingerprint density at radius 2 is 1.81 bits per heavy atom. The number of nitrogens with zero attached hydrogens (tertiary/aromatic N) is 4. The van der Waals surface area contributed by atoms with E-state index in [1.807, 2.05) is 47.9 Å². The van der Waals surface area contributed by atoms with Gasteiger partial charge in [-0.05, 0) is 57.7 Å². The second-order valence-electron chi connectivity index (χ2n) is 7.52. The summed E-state index contributed by atoms with van der Waals surface area (Å²) in [6, 6.07) is 9.81. The van der Waals surface area contributed by atoms with Gasteiger partial charge >= 0.3 is 0 Å². The molecule has 4 rings (SSSR count). The molecule has 2 aromatic rings. The Hall–Kier alpha value is -2.63. The topological polar surface area (TPSA) is 58.4 Å². The summed E-state index contributed by atoms with van der Waals surface area (Å²) >= 11 is 0. The summed E-state index contributed by atoms with van der Waals surface area (Å²) in [6.07, 6.45) is 4.89. The lowest BCUT2D eigenvalue weighted by molar-refractivity contribution is -0.130. The van der Waals surface area contributed by atoms with Crippen molar-refractivity contribution in [1.82, 2.24) is 14.7 Å². The Morgan fingerprint density at radius 1 is 1.11 bits per heavy atom. The number of aryl methyl sites for hydroxylation is 2. The molecule has 1 aromatic carbocycles. The number of carbonyl (C=O) groups excluding carboxylic acids is 2. The van der Waals surface area contributed by atoms with Crippen LogP contribution in [0.25, 0.3) is 0 Å². The predicted octanol–water partition coefficient (Wildman–Crippen LogP) is 3.01. The molecule has 0 radical (unpaired) electrons. The average Bonchev–Trinajstić information content (AvgIpc) is 3.32. The first-order chi connectivity index (χ1) is 13.1. The van der Waals surface area contributed by atoms with Crippen LogP contribution in [0.5, 0.6) is 0 Å². The first kappa shape index (κ1) is 17.8. The van der Waals surface area contributed by atoms with Crippen molar-refractivity contribution in [2.75, 3.05) is 18.0 Å². The minimum Gasteiger partial charge on any atom is -0.323 e. The molecule has 6 nitrogen and oxygen atoms in total. The molecule has 3 heterocycles. The molecule has 2 fully saturated rings. The normalized spacial score (nSPS) is 22.7. The summed E-state index contributed by atoms with van der Waals surface area (Å²) < 4.78 is 1.71. The van der Waals surface area contributed by atoms with Crippen LogP contribution in [0.3, 0.4) is 0 Å². The molecule has 27 heavy (non-hydrogen) atoms. The van der Waals surface area contributed by atoms with Gasteiger partial charge in [0.05, 0.1) is 0 Å². The van der Waals surface area contributed by atoms with Crippen molar-refractivity contribution in [2.45, 2.75) is 51.6 Å². The van der Waals surface area contributed by atoms with Gasteiger partial charge < -0.3 is 9.80 Å². The molecule has 2 aliphatic heterocycles. The maximum atomic E-state index is 13.6. The number of hydrogen-bond donors (Lipinski definition) is 0. The van der Waals surface area contributed by atoms with Gasteiger partial charge in [0.2, 0.25) is 0 Å². The van der Waals surface area contributed by atoms with Crippen molar-refractivity contribution in [1.29, 1.82) is 0 Å². The van der Waals surface area contributed by atoms with Crippen LogP contribution in [-0.2, 0) is 11.3 Å². The average molecular weight is 366 g/mol. The molecule has 2 amide bonds. The minimum atomic E-state index is -0.719. The zero-order valence-electron chi connectivity index (χ0n) is 16.0. The monoisotopic (exact) mass is 366 g/mol. The molecule has 6 heteroatoms. The highest BCUT2D eigenvalue weighted by molar-refractivity contribution is 6.05. The van der Waals surface area contributed by atoms with Gasteiger partial charge in [0, 0.05) is 31.5 Å². The molecule has 2 aliphatic rings. The number of aromatic nitrogens is 2. The van der Waals surface area contributed by atoms with Gasteiger partial charge in [-0.1, -0.05) is 17.7 Å². The van der Waals surface area contributed by atoms with Gasteiger partial charge in [0.25, 0.3) is 11.8 Å². The SMILES string of the molecule is CCn1nccc1C(=O)N1CCCC12CCCN(c1ccc(C)cc1)C2=O. The summed E-state index contributed by atoms with van der Waals surface area (Å²) in [6.45, 7) is 5.98. The zero-order chi connectivity index (χ0) is 19.0. The quantitative estimate of drug-likeness (QED) is 0.839. The Bertz CT molecular complexity index is 857. The fourth-order valence-corrected chi connectivity index (χ4v) is 4.52. The largest absolute Gasteiger partial charge is 0.323 e. The molecule has 0 bridgehead atoms. The number of hydrogen-bond acceptors (Lipinski definition) is 3. The van der Waals surface area contributed by atoms with Crippen molar-refractivity contribution in [2.24, 2.45) is 0 Å². The van der Waals surface area contributed by atoms with E-state index >= 15 is 0 Å². The molecule has 1 unspecified atom stereocenters. The van der Waals surface area contributed by atoms with E-state index < -0.39 is 5.54 Å². The lowest BCUT2D eigenvalue weighted by atomic mass is 9.85. The van der Waals surface area contributed by atoms with E-state index in [9.17, 15) is 9.59 Å². The summed E-state index contributed by atoms with van der Waals surface area (Å²) in [5.74, 6) is -0.0167. The lowest BCUT2D eigenvalue weighted by Crippen LogP contribution is -2.61. The standard InChI is InChI=1S/C21H26N4O2/c1-3-25-18(10-13-22-25)19(26)24-15-5-12-21(24)11-4-14-23(20(21)27)17-8-6-16(2)7-9-17/h6-10,13H,3-5,11-12,14-15H2,1-2H3. The number of rotatable bonds is 3.